The molecule has 0 aliphatic carbocycles. The van der Waals surface area contributed by atoms with Crippen LogP contribution in [0.1, 0.15) is 24.4 Å². The minimum atomic E-state index is -2.71. The Morgan fingerprint density at radius 2 is 1.81 bits per heavy atom. The maximum absolute atomic E-state index is 13.4. The van der Waals surface area contributed by atoms with E-state index in [9.17, 15) is 9.00 Å². The van der Waals surface area contributed by atoms with E-state index in [2.05, 4.69) is 9.36 Å². The second-order valence-electron chi connectivity index (χ2n) is 7.19. The van der Waals surface area contributed by atoms with Gasteiger partial charge in [-0.3, -0.25) is 4.79 Å². The van der Waals surface area contributed by atoms with Crippen molar-refractivity contribution < 1.29 is 22.9 Å². The average molecular weight is 447 g/mol. The minimum absolute atomic E-state index is 0.137. The maximum atomic E-state index is 13.4. The van der Waals surface area contributed by atoms with Gasteiger partial charge in [-0.15, -0.1) is 0 Å². The Morgan fingerprint density at radius 1 is 1.13 bits per heavy atom. The van der Waals surface area contributed by atoms with Gasteiger partial charge in [0.15, 0.2) is 17.3 Å². The number of benzene rings is 1. The van der Waals surface area contributed by atoms with E-state index in [1.165, 1.54) is 6.26 Å². The number of piperazine rings is 1. The quantitative estimate of drug-likeness (QED) is 0.700. The summed E-state index contributed by atoms with van der Waals surface area (Å²) in [5.74, 6) is 1.71. The molecule has 1 amide bonds. The number of furan rings is 1. The Kier molecular flexibility index (Phi) is 5.90. The van der Waals surface area contributed by atoms with E-state index in [0.717, 1.165) is 0 Å². The number of guanidine groups is 1. The molecule has 0 radical (unpaired) electrons. The fourth-order valence-electron chi connectivity index (χ4n) is 3.59. The van der Waals surface area contributed by atoms with Crippen molar-refractivity contribution >= 4 is 27.3 Å². The number of fused-ring (bicyclic) bond motifs is 1. The van der Waals surface area contributed by atoms with Gasteiger partial charge in [0.05, 0.1) is 39.8 Å². The van der Waals surface area contributed by atoms with E-state index in [1.807, 2.05) is 18.7 Å². The van der Waals surface area contributed by atoms with Gasteiger partial charge in [-0.2, -0.15) is 4.36 Å². The Balaban J connectivity index is 1.58. The summed E-state index contributed by atoms with van der Waals surface area (Å²) in [7, 11) is -2.71. The molecule has 2 aromatic rings. The Morgan fingerprint density at radius 3 is 2.42 bits per heavy atom. The van der Waals surface area contributed by atoms with Crippen LogP contribution < -0.4 is 9.47 Å². The molecule has 3 heterocycles. The molecule has 9 nitrogen and oxygen atoms in total. The SMILES string of the molecule is CCOc1cc2c(cc1OCC)S(C)(=O)=NC(N1CCN(C(=O)c3ccco3)CC1)=N2. The van der Waals surface area contributed by atoms with E-state index in [1.54, 1.807) is 35.4 Å². The number of hydrogen-bond donors (Lipinski definition) is 0. The molecular weight excluding hydrogens is 420 g/mol. The van der Waals surface area contributed by atoms with E-state index in [4.69, 9.17) is 13.9 Å². The van der Waals surface area contributed by atoms with Gasteiger partial charge < -0.3 is 23.7 Å². The Labute approximate surface area is 181 Å². The van der Waals surface area contributed by atoms with E-state index in [-0.39, 0.29) is 5.91 Å². The molecule has 1 aromatic carbocycles. The number of carbonyl (C=O) groups is 1. The van der Waals surface area contributed by atoms with Gasteiger partial charge in [-0.1, -0.05) is 0 Å². The topological polar surface area (TPSA) is 96.9 Å². The van der Waals surface area contributed by atoms with Crippen molar-refractivity contribution in [2.75, 3.05) is 45.6 Å². The van der Waals surface area contributed by atoms with Crippen LogP contribution in [0.25, 0.3) is 0 Å². The predicted octanol–water partition coefficient (Wildman–Crippen LogP) is 2.99. The van der Waals surface area contributed by atoms with Crippen molar-refractivity contribution in [1.29, 1.82) is 0 Å². The highest BCUT2D eigenvalue weighted by molar-refractivity contribution is 7.93. The average Bonchev–Trinajstić information content (AvgIpc) is 3.29. The molecule has 1 atom stereocenters. The first kappa shape index (κ1) is 21.2. The number of aliphatic imine (C=N–C) groups is 1. The van der Waals surface area contributed by atoms with Crippen LogP contribution in [0.5, 0.6) is 11.5 Å². The second kappa shape index (κ2) is 8.62. The summed E-state index contributed by atoms with van der Waals surface area (Å²) < 4.78 is 34.4. The Hall–Kier alpha value is -3.01. The first-order chi connectivity index (χ1) is 14.9. The van der Waals surface area contributed by atoms with Crippen LogP contribution >= 0.6 is 0 Å². The summed E-state index contributed by atoms with van der Waals surface area (Å²) in [6, 6.07) is 6.83. The molecule has 0 bridgehead atoms. The number of rotatable bonds is 5. The van der Waals surface area contributed by atoms with Gasteiger partial charge in [0, 0.05) is 44.6 Å². The molecule has 0 saturated carbocycles. The Bertz CT molecular complexity index is 1110. The second-order valence-corrected chi connectivity index (χ2v) is 9.42. The summed E-state index contributed by atoms with van der Waals surface area (Å²) in [4.78, 5) is 21.4. The summed E-state index contributed by atoms with van der Waals surface area (Å²) in [6.45, 7) is 6.80. The van der Waals surface area contributed by atoms with E-state index < -0.39 is 9.73 Å². The van der Waals surface area contributed by atoms with Gasteiger partial charge in [-0.05, 0) is 26.0 Å². The van der Waals surface area contributed by atoms with Crippen molar-refractivity contribution in [1.82, 2.24) is 9.80 Å². The van der Waals surface area contributed by atoms with Crippen molar-refractivity contribution in [3.8, 4) is 11.5 Å². The third-order valence-electron chi connectivity index (χ3n) is 5.09. The van der Waals surface area contributed by atoms with Gasteiger partial charge in [0.2, 0.25) is 5.96 Å². The number of carbonyl (C=O) groups excluding carboxylic acids is 1. The first-order valence-electron chi connectivity index (χ1n) is 10.2. The zero-order chi connectivity index (χ0) is 22.0. The third-order valence-corrected chi connectivity index (χ3v) is 6.75. The third kappa shape index (κ3) is 4.25. The molecule has 0 N–H and O–H groups in total. The molecule has 1 aromatic heterocycles. The van der Waals surface area contributed by atoms with Gasteiger partial charge in [0.25, 0.3) is 5.91 Å². The van der Waals surface area contributed by atoms with Crippen LogP contribution in [0.2, 0.25) is 0 Å². The predicted molar refractivity (Wildman–Crippen MR) is 117 cm³/mol. The van der Waals surface area contributed by atoms with Gasteiger partial charge in [0.1, 0.15) is 0 Å². The van der Waals surface area contributed by atoms with Crippen LogP contribution in [-0.2, 0) is 9.73 Å². The number of hydrogen-bond acceptors (Lipinski definition) is 8. The number of ether oxygens (including phenoxy) is 2. The standard InChI is InChI=1S/C21H26N4O5S/c1-4-28-17-13-15-19(14-18(17)29-5-2)31(3,27)23-21(22-15)25-10-8-24(9-11-25)20(26)16-7-6-12-30-16/h6-7,12-14H,4-5,8-11H2,1-3H3. The normalized spacial score (nSPS) is 20.5. The van der Waals surface area contributed by atoms with Crippen LogP contribution in [0, 0.1) is 0 Å². The lowest BCUT2D eigenvalue weighted by Crippen LogP contribution is -2.50. The van der Waals surface area contributed by atoms with Crippen molar-refractivity contribution in [2.45, 2.75) is 18.7 Å². The van der Waals surface area contributed by atoms with E-state index >= 15 is 0 Å². The number of amides is 1. The molecule has 1 fully saturated rings. The lowest BCUT2D eigenvalue weighted by molar-refractivity contribution is 0.0659. The molecule has 1 saturated heterocycles. The fourth-order valence-corrected chi connectivity index (χ4v) is 4.97. The van der Waals surface area contributed by atoms with Crippen LogP contribution in [-0.4, -0.2) is 71.5 Å². The molecule has 4 rings (SSSR count). The number of nitrogens with zero attached hydrogens (tertiary/aromatic N) is 4. The zero-order valence-corrected chi connectivity index (χ0v) is 18.7. The molecule has 2 aliphatic heterocycles. The molecule has 1 unspecified atom stereocenters. The van der Waals surface area contributed by atoms with E-state index in [0.29, 0.717) is 73.2 Å². The van der Waals surface area contributed by atoms with Crippen LogP contribution in [0.4, 0.5) is 5.69 Å². The molecule has 10 heteroatoms. The van der Waals surface area contributed by atoms with Crippen molar-refractivity contribution in [3.05, 3.63) is 36.3 Å². The largest absolute Gasteiger partial charge is 0.490 e. The van der Waals surface area contributed by atoms with Gasteiger partial charge in [-0.25, -0.2) is 9.20 Å². The lowest BCUT2D eigenvalue weighted by atomic mass is 10.2. The summed E-state index contributed by atoms with van der Waals surface area (Å²) >= 11 is 0. The molecule has 0 spiro atoms. The highest BCUT2D eigenvalue weighted by Crippen LogP contribution is 2.40. The summed E-state index contributed by atoms with van der Waals surface area (Å²) in [5, 5.41) is 0. The zero-order valence-electron chi connectivity index (χ0n) is 17.9. The minimum Gasteiger partial charge on any atom is -0.490 e. The summed E-state index contributed by atoms with van der Waals surface area (Å²) in [5.41, 5.74) is 0.568. The van der Waals surface area contributed by atoms with Crippen molar-refractivity contribution in [3.63, 3.8) is 0 Å². The molecule has 166 valence electrons. The maximum Gasteiger partial charge on any atom is 0.289 e. The van der Waals surface area contributed by atoms with Gasteiger partial charge >= 0.3 is 0 Å². The smallest absolute Gasteiger partial charge is 0.289 e. The lowest BCUT2D eigenvalue weighted by Gasteiger charge is -2.35. The highest BCUT2D eigenvalue weighted by atomic mass is 32.2. The summed E-state index contributed by atoms with van der Waals surface area (Å²) in [6.07, 6.45) is 3.09. The van der Waals surface area contributed by atoms with Crippen LogP contribution in [0.15, 0.2) is 49.2 Å². The monoisotopic (exact) mass is 446 g/mol. The highest BCUT2D eigenvalue weighted by Gasteiger charge is 2.29. The first-order valence-corrected chi connectivity index (χ1v) is 12.2. The molecule has 31 heavy (non-hydrogen) atoms. The van der Waals surface area contributed by atoms with Crippen LogP contribution in [0.3, 0.4) is 0 Å². The fraction of sp³-hybridized carbons (Fsp3) is 0.429. The molecular formula is C21H26N4O5S. The van der Waals surface area contributed by atoms with Crippen molar-refractivity contribution in [2.24, 2.45) is 9.36 Å². The molecule has 2 aliphatic rings.